The molecule has 1 atom stereocenters. The predicted molar refractivity (Wildman–Crippen MR) is 80.6 cm³/mol. The van der Waals surface area contributed by atoms with Gasteiger partial charge in [0, 0.05) is 11.9 Å². The first-order valence-electron chi connectivity index (χ1n) is 6.52. The minimum Gasteiger partial charge on any atom is -0.353 e. The molecule has 0 bridgehead atoms. The van der Waals surface area contributed by atoms with Gasteiger partial charge in [-0.05, 0) is 29.7 Å². The predicted octanol–water partition coefficient (Wildman–Crippen LogP) is 3.52. The van der Waals surface area contributed by atoms with E-state index in [0.29, 0.717) is 12.3 Å². The highest BCUT2D eigenvalue weighted by atomic mass is 35.5. The summed E-state index contributed by atoms with van der Waals surface area (Å²) in [5.41, 5.74) is 1.06. The Bertz CT molecular complexity index is 562. The Morgan fingerprint density at radius 2 is 1.95 bits per heavy atom. The first-order valence-corrected chi connectivity index (χ1v) is 7.06. The van der Waals surface area contributed by atoms with Gasteiger partial charge in [0.25, 0.3) is 0 Å². The molecule has 0 fully saturated rings. The lowest BCUT2D eigenvalue weighted by Crippen LogP contribution is -2.33. The average molecular weight is 276 g/mol. The molecule has 0 radical (unpaired) electrons. The molecule has 0 aliphatic heterocycles. The van der Waals surface area contributed by atoms with E-state index in [2.05, 4.69) is 23.5 Å². The van der Waals surface area contributed by atoms with Crippen LogP contribution in [0.25, 0.3) is 10.8 Å². The van der Waals surface area contributed by atoms with Crippen LogP contribution < -0.4 is 5.32 Å². The maximum absolute atomic E-state index is 12.0. The Morgan fingerprint density at radius 1 is 1.21 bits per heavy atom. The van der Waals surface area contributed by atoms with Crippen LogP contribution in [0.1, 0.15) is 18.9 Å². The number of alkyl halides is 1. The normalized spacial score (nSPS) is 12.3. The number of nitrogens with one attached hydrogen (secondary N) is 1. The first kappa shape index (κ1) is 13.9. The molecule has 0 aromatic heterocycles. The number of fused-ring (bicyclic) bond motifs is 1. The molecule has 0 saturated heterocycles. The van der Waals surface area contributed by atoms with Crippen LogP contribution in [-0.2, 0) is 11.2 Å². The van der Waals surface area contributed by atoms with E-state index in [9.17, 15) is 4.79 Å². The van der Waals surface area contributed by atoms with Gasteiger partial charge in [-0.15, -0.1) is 11.6 Å². The molecule has 100 valence electrons. The van der Waals surface area contributed by atoms with E-state index >= 15 is 0 Å². The molecule has 2 aromatic carbocycles. The van der Waals surface area contributed by atoms with Gasteiger partial charge in [0.1, 0.15) is 0 Å². The summed E-state index contributed by atoms with van der Waals surface area (Å²) < 4.78 is 0. The van der Waals surface area contributed by atoms with Gasteiger partial charge in [-0.3, -0.25) is 4.79 Å². The third kappa shape index (κ3) is 3.71. The third-order valence-electron chi connectivity index (χ3n) is 3.18. The van der Waals surface area contributed by atoms with Crippen LogP contribution in [-0.4, -0.2) is 17.8 Å². The fourth-order valence-corrected chi connectivity index (χ4v) is 2.51. The van der Waals surface area contributed by atoms with Gasteiger partial charge < -0.3 is 5.32 Å². The summed E-state index contributed by atoms with van der Waals surface area (Å²) in [6, 6.07) is 14.3. The topological polar surface area (TPSA) is 29.1 Å². The lowest BCUT2D eigenvalue weighted by molar-refractivity contribution is -0.121. The highest BCUT2D eigenvalue weighted by Gasteiger charge is 2.09. The zero-order chi connectivity index (χ0) is 13.7. The molecule has 1 N–H and O–H groups in total. The maximum atomic E-state index is 12.0. The van der Waals surface area contributed by atoms with Gasteiger partial charge in [-0.2, -0.15) is 0 Å². The van der Waals surface area contributed by atoms with E-state index in [1.54, 1.807) is 0 Å². The summed E-state index contributed by atoms with van der Waals surface area (Å²) >= 11 is 5.67. The fraction of sp³-hybridized carbons (Fsp3) is 0.312. The molecule has 1 amide bonds. The molecule has 0 aliphatic rings. The van der Waals surface area contributed by atoms with Crippen LogP contribution in [0, 0.1) is 0 Å². The largest absolute Gasteiger partial charge is 0.353 e. The zero-order valence-corrected chi connectivity index (χ0v) is 11.8. The first-order chi connectivity index (χ1) is 9.20. The van der Waals surface area contributed by atoms with Crippen LogP contribution in [0.5, 0.6) is 0 Å². The molecule has 2 aromatic rings. The van der Waals surface area contributed by atoms with E-state index in [-0.39, 0.29) is 11.9 Å². The second kappa shape index (κ2) is 6.58. The van der Waals surface area contributed by atoms with E-state index in [4.69, 9.17) is 11.6 Å². The number of halogens is 1. The van der Waals surface area contributed by atoms with E-state index < -0.39 is 0 Å². The van der Waals surface area contributed by atoms with Crippen molar-refractivity contribution in [1.82, 2.24) is 5.32 Å². The summed E-state index contributed by atoms with van der Waals surface area (Å²) in [7, 11) is 0. The molecule has 3 heteroatoms. The van der Waals surface area contributed by atoms with Gasteiger partial charge in [-0.25, -0.2) is 0 Å². The molecule has 0 aliphatic carbocycles. The van der Waals surface area contributed by atoms with Crippen LogP contribution in [0.4, 0.5) is 0 Å². The molecule has 1 unspecified atom stereocenters. The Hall–Kier alpha value is -1.54. The lowest BCUT2D eigenvalue weighted by Gasteiger charge is -2.13. The van der Waals surface area contributed by atoms with E-state index in [0.717, 1.165) is 17.4 Å². The van der Waals surface area contributed by atoms with Crippen molar-refractivity contribution in [2.75, 3.05) is 5.88 Å². The minimum absolute atomic E-state index is 0.0500. The highest BCUT2D eigenvalue weighted by Crippen LogP contribution is 2.18. The van der Waals surface area contributed by atoms with Crippen molar-refractivity contribution in [3.8, 4) is 0 Å². The summed E-state index contributed by atoms with van der Waals surface area (Å²) in [4.78, 5) is 12.0. The van der Waals surface area contributed by atoms with Crippen molar-refractivity contribution in [1.29, 1.82) is 0 Å². The van der Waals surface area contributed by atoms with Gasteiger partial charge in [0.2, 0.25) is 5.91 Å². The van der Waals surface area contributed by atoms with Gasteiger partial charge in [0.05, 0.1) is 6.42 Å². The third-order valence-corrected chi connectivity index (χ3v) is 3.40. The van der Waals surface area contributed by atoms with Crippen molar-refractivity contribution in [2.24, 2.45) is 0 Å². The Balaban J connectivity index is 2.11. The van der Waals surface area contributed by atoms with Crippen LogP contribution in [0.3, 0.4) is 0 Å². The van der Waals surface area contributed by atoms with E-state index in [1.165, 1.54) is 5.39 Å². The molecular weight excluding hydrogens is 258 g/mol. The number of amides is 1. The number of benzene rings is 2. The Labute approximate surface area is 118 Å². The highest BCUT2D eigenvalue weighted by molar-refractivity contribution is 6.17. The summed E-state index contributed by atoms with van der Waals surface area (Å²) in [5.74, 6) is 0.615. The van der Waals surface area contributed by atoms with Crippen molar-refractivity contribution >= 4 is 28.3 Å². The molecule has 19 heavy (non-hydrogen) atoms. The average Bonchev–Trinajstić information content (AvgIpc) is 2.39. The molecule has 0 saturated carbocycles. The maximum Gasteiger partial charge on any atom is 0.224 e. The summed E-state index contributed by atoms with van der Waals surface area (Å²) in [6.45, 7) is 1.98. The Morgan fingerprint density at radius 3 is 2.74 bits per heavy atom. The number of carbonyl (C=O) groups is 1. The van der Waals surface area contributed by atoms with Crippen molar-refractivity contribution in [2.45, 2.75) is 25.8 Å². The Kier molecular flexibility index (Phi) is 4.80. The molecule has 2 rings (SSSR count). The molecule has 0 spiro atoms. The standard InChI is InChI=1S/C16H18ClNO/c1-12(9-10-17)18-16(19)11-14-7-4-6-13-5-2-3-8-15(13)14/h2-8,12H,9-11H2,1H3,(H,18,19). The number of rotatable bonds is 5. The van der Waals surface area contributed by atoms with Gasteiger partial charge in [-0.1, -0.05) is 42.5 Å². The quantitative estimate of drug-likeness (QED) is 0.831. The zero-order valence-electron chi connectivity index (χ0n) is 11.0. The number of hydrogen-bond donors (Lipinski definition) is 1. The van der Waals surface area contributed by atoms with Crippen LogP contribution >= 0.6 is 11.6 Å². The monoisotopic (exact) mass is 275 g/mol. The smallest absolute Gasteiger partial charge is 0.224 e. The van der Waals surface area contributed by atoms with Crippen LogP contribution in [0.2, 0.25) is 0 Å². The second-order valence-corrected chi connectivity index (χ2v) is 5.14. The minimum atomic E-state index is 0.0500. The molecular formula is C16H18ClNO. The SMILES string of the molecule is CC(CCCl)NC(=O)Cc1cccc2ccccc12. The lowest BCUT2D eigenvalue weighted by atomic mass is 10.0. The number of hydrogen-bond acceptors (Lipinski definition) is 1. The summed E-state index contributed by atoms with van der Waals surface area (Å²) in [5, 5.41) is 5.28. The van der Waals surface area contributed by atoms with E-state index in [1.807, 2.05) is 31.2 Å². The van der Waals surface area contributed by atoms with Crippen molar-refractivity contribution in [3.63, 3.8) is 0 Å². The fourth-order valence-electron chi connectivity index (χ4n) is 2.18. The van der Waals surface area contributed by atoms with Crippen molar-refractivity contribution in [3.05, 3.63) is 48.0 Å². The molecule has 2 nitrogen and oxygen atoms in total. The van der Waals surface area contributed by atoms with Crippen LogP contribution in [0.15, 0.2) is 42.5 Å². The van der Waals surface area contributed by atoms with Gasteiger partial charge in [0.15, 0.2) is 0 Å². The second-order valence-electron chi connectivity index (χ2n) is 4.76. The number of carbonyl (C=O) groups excluding carboxylic acids is 1. The summed E-state index contributed by atoms with van der Waals surface area (Å²) in [6.07, 6.45) is 1.21. The van der Waals surface area contributed by atoms with Gasteiger partial charge >= 0.3 is 0 Å². The molecule has 0 heterocycles. The van der Waals surface area contributed by atoms with Crippen molar-refractivity contribution < 1.29 is 4.79 Å².